The largest absolute Gasteiger partial charge is 0.304 e. The number of nitrogens with zero attached hydrogens (tertiary/aromatic N) is 2. The maximum atomic E-state index is 4.77. The fourth-order valence-electron chi connectivity index (χ4n) is 3.06. The first-order valence-electron chi connectivity index (χ1n) is 7.17. The molecular weight excluding hydrogens is 392 g/mol. The molecule has 0 unspecified atom stereocenters. The molecule has 0 radical (unpaired) electrons. The Kier molecular flexibility index (Phi) is 3.38. The fraction of sp³-hybridized carbons (Fsp3) is 0.235. The van der Waals surface area contributed by atoms with Crippen LogP contribution in [0.4, 0.5) is 0 Å². The van der Waals surface area contributed by atoms with Crippen molar-refractivity contribution in [2.24, 2.45) is 0 Å². The van der Waals surface area contributed by atoms with Gasteiger partial charge in [0.25, 0.3) is 0 Å². The molecule has 2 heterocycles. The summed E-state index contributed by atoms with van der Waals surface area (Å²) in [6.07, 6.45) is 9.18. The highest BCUT2D eigenvalue weighted by Crippen LogP contribution is 2.29. The van der Waals surface area contributed by atoms with E-state index in [9.17, 15) is 0 Å². The molecular formula is C17H14Br2N2. The molecule has 0 aliphatic heterocycles. The van der Waals surface area contributed by atoms with Crippen LogP contribution < -0.4 is 0 Å². The number of rotatable bonds is 1. The van der Waals surface area contributed by atoms with Crippen LogP contribution in [0.1, 0.15) is 24.0 Å². The zero-order chi connectivity index (χ0) is 14.4. The number of pyridine rings is 1. The molecule has 2 aromatic heterocycles. The van der Waals surface area contributed by atoms with Crippen LogP contribution in [0, 0.1) is 0 Å². The number of hydrogen-bond donors (Lipinski definition) is 0. The highest BCUT2D eigenvalue weighted by molar-refractivity contribution is 9.11. The van der Waals surface area contributed by atoms with Gasteiger partial charge in [0, 0.05) is 22.4 Å². The van der Waals surface area contributed by atoms with Crippen molar-refractivity contribution in [1.29, 1.82) is 0 Å². The molecule has 0 fully saturated rings. The number of hydrogen-bond acceptors (Lipinski definition) is 1. The van der Waals surface area contributed by atoms with Crippen molar-refractivity contribution in [3.8, 4) is 11.3 Å². The van der Waals surface area contributed by atoms with Gasteiger partial charge < -0.3 is 4.40 Å². The van der Waals surface area contributed by atoms with Crippen molar-refractivity contribution >= 4 is 37.5 Å². The third-order valence-electron chi connectivity index (χ3n) is 4.12. The molecule has 0 atom stereocenters. The van der Waals surface area contributed by atoms with Crippen molar-refractivity contribution in [3.63, 3.8) is 0 Å². The van der Waals surface area contributed by atoms with Gasteiger partial charge in [-0.15, -0.1) is 0 Å². The molecule has 1 aliphatic carbocycles. The lowest BCUT2D eigenvalue weighted by Gasteiger charge is -2.15. The van der Waals surface area contributed by atoms with Gasteiger partial charge in [0.1, 0.15) is 0 Å². The highest BCUT2D eigenvalue weighted by Gasteiger charge is 2.12. The Hall–Kier alpha value is -1.13. The summed E-state index contributed by atoms with van der Waals surface area (Å²) in [6, 6.07) is 8.83. The van der Waals surface area contributed by atoms with E-state index >= 15 is 0 Å². The summed E-state index contributed by atoms with van der Waals surface area (Å²) in [6.45, 7) is 0. The lowest BCUT2D eigenvalue weighted by atomic mass is 9.90. The molecule has 3 aromatic rings. The molecule has 2 nitrogen and oxygen atoms in total. The summed E-state index contributed by atoms with van der Waals surface area (Å²) < 4.78 is 4.10. The van der Waals surface area contributed by atoms with Crippen molar-refractivity contribution in [2.45, 2.75) is 25.7 Å². The van der Waals surface area contributed by atoms with E-state index < -0.39 is 0 Å². The van der Waals surface area contributed by atoms with Crippen LogP contribution >= 0.6 is 31.9 Å². The Bertz CT molecular complexity index is 836. The van der Waals surface area contributed by atoms with E-state index in [0.717, 1.165) is 20.3 Å². The maximum absolute atomic E-state index is 4.77. The van der Waals surface area contributed by atoms with Gasteiger partial charge in [-0.2, -0.15) is 0 Å². The predicted molar refractivity (Wildman–Crippen MR) is 92.7 cm³/mol. The normalized spacial score (nSPS) is 14.4. The molecule has 1 aromatic carbocycles. The number of imidazole rings is 1. The van der Waals surface area contributed by atoms with Crippen molar-refractivity contribution in [1.82, 2.24) is 9.38 Å². The van der Waals surface area contributed by atoms with Crippen molar-refractivity contribution in [3.05, 3.63) is 56.7 Å². The Morgan fingerprint density at radius 3 is 2.62 bits per heavy atom. The molecule has 4 heteroatoms. The molecule has 1 aliphatic rings. The van der Waals surface area contributed by atoms with Gasteiger partial charge in [-0.1, -0.05) is 12.1 Å². The van der Waals surface area contributed by atoms with Crippen molar-refractivity contribution in [2.75, 3.05) is 0 Å². The van der Waals surface area contributed by atoms with E-state index in [4.69, 9.17) is 4.98 Å². The average molecular weight is 406 g/mol. The molecule has 4 rings (SSSR count). The molecule has 21 heavy (non-hydrogen) atoms. The molecule has 0 spiro atoms. The third-order valence-corrected chi connectivity index (χ3v) is 5.13. The van der Waals surface area contributed by atoms with Gasteiger partial charge >= 0.3 is 0 Å². The second kappa shape index (κ2) is 5.25. The van der Waals surface area contributed by atoms with Crippen molar-refractivity contribution < 1.29 is 0 Å². The first-order valence-corrected chi connectivity index (χ1v) is 8.75. The predicted octanol–water partition coefficient (Wildman–Crippen LogP) is 5.41. The van der Waals surface area contributed by atoms with Gasteiger partial charge in [-0.3, -0.25) is 0 Å². The van der Waals surface area contributed by atoms with Crippen LogP contribution in [0.5, 0.6) is 0 Å². The summed E-state index contributed by atoms with van der Waals surface area (Å²) in [7, 11) is 0. The molecule has 0 saturated carbocycles. The van der Waals surface area contributed by atoms with Crippen LogP contribution in [-0.4, -0.2) is 9.38 Å². The zero-order valence-corrected chi connectivity index (χ0v) is 14.6. The fourth-order valence-corrected chi connectivity index (χ4v) is 4.35. The summed E-state index contributed by atoms with van der Waals surface area (Å²) in [4.78, 5) is 4.77. The second-order valence-electron chi connectivity index (χ2n) is 5.55. The lowest BCUT2D eigenvalue weighted by molar-refractivity contribution is 0.686. The van der Waals surface area contributed by atoms with E-state index in [2.05, 4.69) is 60.7 Å². The van der Waals surface area contributed by atoms with E-state index in [0.29, 0.717) is 0 Å². The Morgan fingerprint density at radius 2 is 1.76 bits per heavy atom. The van der Waals surface area contributed by atoms with Crippen LogP contribution in [-0.2, 0) is 12.8 Å². The Morgan fingerprint density at radius 1 is 0.952 bits per heavy atom. The quantitative estimate of drug-likeness (QED) is 0.529. The van der Waals surface area contributed by atoms with E-state index in [1.165, 1.54) is 42.4 Å². The first kappa shape index (κ1) is 13.5. The minimum Gasteiger partial charge on any atom is -0.304 e. The lowest BCUT2D eigenvalue weighted by Crippen LogP contribution is -2.02. The smallest absolute Gasteiger partial charge is 0.151 e. The van der Waals surface area contributed by atoms with E-state index in [1.807, 2.05) is 12.3 Å². The standard InChI is InChI=1S/C17H14Br2N2/c18-14-8-15(19)17-20-16(10-21(17)9-14)13-6-5-11-3-1-2-4-12(11)7-13/h5-10H,1-4H2. The molecule has 0 bridgehead atoms. The number of aromatic nitrogens is 2. The SMILES string of the molecule is Brc1cc(Br)c2nc(-c3ccc4c(c3)CCCC4)cn2c1. The summed E-state index contributed by atoms with van der Waals surface area (Å²) in [5, 5.41) is 0. The van der Waals surface area contributed by atoms with E-state index in [1.54, 1.807) is 0 Å². The van der Waals surface area contributed by atoms with Gasteiger partial charge in [0.05, 0.1) is 10.2 Å². The number of benzene rings is 1. The van der Waals surface area contributed by atoms with Gasteiger partial charge in [0.15, 0.2) is 5.65 Å². The van der Waals surface area contributed by atoms with Crippen LogP contribution in [0.25, 0.3) is 16.9 Å². The Labute approximate surface area is 140 Å². The monoisotopic (exact) mass is 404 g/mol. The van der Waals surface area contributed by atoms with Gasteiger partial charge in [0.2, 0.25) is 0 Å². The van der Waals surface area contributed by atoms with Crippen LogP contribution in [0.2, 0.25) is 0 Å². The summed E-state index contributed by atoms with van der Waals surface area (Å²) in [5.74, 6) is 0. The van der Waals surface area contributed by atoms with Gasteiger partial charge in [-0.25, -0.2) is 4.98 Å². The number of aryl methyl sites for hydroxylation is 2. The summed E-state index contributed by atoms with van der Waals surface area (Å²) >= 11 is 7.10. The first-order chi connectivity index (χ1) is 10.2. The molecule has 0 amide bonds. The Balaban J connectivity index is 1.84. The average Bonchev–Trinajstić information content (AvgIpc) is 2.91. The zero-order valence-electron chi connectivity index (χ0n) is 11.4. The molecule has 0 saturated heterocycles. The molecule has 106 valence electrons. The summed E-state index contributed by atoms with van der Waals surface area (Å²) in [5.41, 5.74) is 6.20. The highest BCUT2D eigenvalue weighted by atomic mass is 79.9. The van der Waals surface area contributed by atoms with Crippen LogP contribution in [0.15, 0.2) is 45.6 Å². The number of halogens is 2. The van der Waals surface area contributed by atoms with E-state index in [-0.39, 0.29) is 0 Å². The maximum Gasteiger partial charge on any atom is 0.151 e. The minimum atomic E-state index is 0.950. The third kappa shape index (κ3) is 2.44. The second-order valence-corrected chi connectivity index (χ2v) is 7.32. The topological polar surface area (TPSA) is 17.3 Å². The van der Waals surface area contributed by atoms with Crippen LogP contribution in [0.3, 0.4) is 0 Å². The minimum absolute atomic E-state index is 0.950. The molecule has 0 N–H and O–H groups in total. The van der Waals surface area contributed by atoms with Gasteiger partial charge in [-0.05, 0) is 80.8 Å². The number of fused-ring (bicyclic) bond motifs is 2.